The van der Waals surface area contributed by atoms with Gasteiger partial charge in [0.1, 0.15) is 0 Å². The molecule has 1 aliphatic carbocycles. The van der Waals surface area contributed by atoms with Crippen molar-refractivity contribution in [2.45, 2.75) is 32.1 Å². The van der Waals surface area contributed by atoms with Gasteiger partial charge in [0, 0.05) is 13.1 Å². The molecule has 0 radical (unpaired) electrons. The van der Waals surface area contributed by atoms with Crippen LogP contribution < -0.4 is 9.64 Å². The van der Waals surface area contributed by atoms with E-state index in [0.717, 1.165) is 25.9 Å². The SMILES string of the molecule is O=C(O)c1cnc(N2CCCC2)c(OCC2CCC2)n1. The van der Waals surface area contributed by atoms with Gasteiger partial charge in [0.2, 0.25) is 0 Å². The Labute approximate surface area is 117 Å². The van der Waals surface area contributed by atoms with Crippen molar-refractivity contribution >= 4 is 11.8 Å². The molecule has 1 saturated heterocycles. The molecule has 3 rings (SSSR count). The highest BCUT2D eigenvalue weighted by molar-refractivity contribution is 5.85. The van der Waals surface area contributed by atoms with Crippen molar-refractivity contribution in [2.75, 3.05) is 24.6 Å². The van der Waals surface area contributed by atoms with Crippen LogP contribution in [-0.2, 0) is 0 Å². The predicted octanol–water partition coefficient (Wildman–Crippen LogP) is 1.95. The summed E-state index contributed by atoms with van der Waals surface area (Å²) in [5.74, 6) is 0.571. The van der Waals surface area contributed by atoms with Crippen molar-refractivity contribution in [3.63, 3.8) is 0 Å². The van der Waals surface area contributed by atoms with Gasteiger partial charge in [-0.05, 0) is 31.6 Å². The molecule has 1 aromatic rings. The van der Waals surface area contributed by atoms with Crippen LogP contribution in [0.15, 0.2) is 6.20 Å². The minimum Gasteiger partial charge on any atom is -0.476 e. The number of rotatable bonds is 5. The van der Waals surface area contributed by atoms with Gasteiger partial charge in [0.25, 0.3) is 5.88 Å². The largest absolute Gasteiger partial charge is 0.476 e. The lowest BCUT2D eigenvalue weighted by atomic mass is 9.86. The quantitative estimate of drug-likeness (QED) is 0.886. The molecule has 0 spiro atoms. The zero-order chi connectivity index (χ0) is 13.9. The van der Waals surface area contributed by atoms with E-state index in [0.29, 0.717) is 24.2 Å². The minimum absolute atomic E-state index is 0.0587. The summed E-state index contributed by atoms with van der Waals surface area (Å²) in [6.07, 6.45) is 7.20. The van der Waals surface area contributed by atoms with Crippen molar-refractivity contribution in [1.29, 1.82) is 0 Å². The van der Waals surface area contributed by atoms with Crippen LogP contribution in [0, 0.1) is 5.92 Å². The maximum absolute atomic E-state index is 11.0. The van der Waals surface area contributed by atoms with E-state index in [9.17, 15) is 4.79 Å². The molecule has 2 heterocycles. The topological polar surface area (TPSA) is 75.5 Å². The average Bonchev–Trinajstić information content (AvgIpc) is 2.90. The van der Waals surface area contributed by atoms with Gasteiger partial charge in [-0.2, -0.15) is 0 Å². The molecule has 1 N–H and O–H groups in total. The summed E-state index contributed by atoms with van der Waals surface area (Å²) in [6.45, 7) is 2.47. The Hall–Kier alpha value is -1.85. The van der Waals surface area contributed by atoms with Crippen LogP contribution in [0.2, 0.25) is 0 Å². The summed E-state index contributed by atoms with van der Waals surface area (Å²) in [7, 11) is 0. The molecule has 0 amide bonds. The average molecular weight is 277 g/mol. The van der Waals surface area contributed by atoms with Gasteiger partial charge in [0.15, 0.2) is 11.5 Å². The third-order valence-electron chi connectivity index (χ3n) is 4.03. The third-order valence-corrected chi connectivity index (χ3v) is 4.03. The number of carbonyl (C=O) groups is 1. The number of aromatic carboxylic acids is 1. The summed E-state index contributed by atoms with van der Waals surface area (Å²) in [5, 5.41) is 9.03. The van der Waals surface area contributed by atoms with Gasteiger partial charge < -0.3 is 14.7 Å². The Morgan fingerprint density at radius 2 is 2.10 bits per heavy atom. The van der Waals surface area contributed by atoms with E-state index in [1.807, 2.05) is 0 Å². The molecule has 1 aromatic heterocycles. The Morgan fingerprint density at radius 1 is 1.35 bits per heavy atom. The smallest absolute Gasteiger partial charge is 0.356 e. The first-order valence-corrected chi connectivity index (χ1v) is 7.22. The van der Waals surface area contributed by atoms with Gasteiger partial charge >= 0.3 is 5.97 Å². The molecule has 0 bridgehead atoms. The van der Waals surface area contributed by atoms with Gasteiger partial charge in [-0.15, -0.1) is 0 Å². The van der Waals surface area contributed by atoms with E-state index >= 15 is 0 Å². The first-order valence-electron chi connectivity index (χ1n) is 7.22. The van der Waals surface area contributed by atoms with Gasteiger partial charge in [0.05, 0.1) is 12.8 Å². The maximum atomic E-state index is 11.0. The zero-order valence-corrected chi connectivity index (χ0v) is 11.4. The van der Waals surface area contributed by atoms with E-state index in [2.05, 4.69) is 14.9 Å². The number of nitrogens with zero attached hydrogens (tertiary/aromatic N) is 3. The van der Waals surface area contributed by atoms with E-state index < -0.39 is 5.97 Å². The first kappa shape index (κ1) is 13.1. The highest BCUT2D eigenvalue weighted by Gasteiger charge is 2.23. The molecular formula is C14H19N3O3. The van der Waals surface area contributed by atoms with Crippen molar-refractivity contribution in [3.05, 3.63) is 11.9 Å². The molecule has 1 saturated carbocycles. The fraction of sp³-hybridized carbons (Fsp3) is 0.643. The molecule has 2 fully saturated rings. The number of carboxylic acids is 1. The lowest BCUT2D eigenvalue weighted by Gasteiger charge is -2.26. The lowest BCUT2D eigenvalue weighted by molar-refractivity contribution is 0.0688. The fourth-order valence-electron chi connectivity index (χ4n) is 2.57. The highest BCUT2D eigenvalue weighted by atomic mass is 16.5. The maximum Gasteiger partial charge on any atom is 0.356 e. The molecule has 108 valence electrons. The van der Waals surface area contributed by atoms with Crippen LogP contribution in [0.5, 0.6) is 5.88 Å². The second-order valence-electron chi connectivity index (χ2n) is 5.49. The van der Waals surface area contributed by atoms with E-state index in [1.165, 1.54) is 25.5 Å². The van der Waals surface area contributed by atoms with Crippen LogP contribution in [0.3, 0.4) is 0 Å². The van der Waals surface area contributed by atoms with Gasteiger partial charge in [-0.25, -0.2) is 14.8 Å². The highest BCUT2D eigenvalue weighted by Crippen LogP contribution is 2.30. The summed E-state index contributed by atoms with van der Waals surface area (Å²) in [4.78, 5) is 21.5. The van der Waals surface area contributed by atoms with Crippen molar-refractivity contribution in [2.24, 2.45) is 5.92 Å². The third kappa shape index (κ3) is 2.69. The summed E-state index contributed by atoms with van der Waals surface area (Å²) in [6, 6.07) is 0. The molecule has 1 aliphatic heterocycles. The van der Waals surface area contributed by atoms with E-state index in [1.54, 1.807) is 0 Å². The first-order chi connectivity index (χ1) is 9.74. The Balaban J connectivity index is 1.80. The number of ether oxygens (including phenoxy) is 1. The normalized spacial score (nSPS) is 18.9. The monoisotopic (exact) mass is 277 g/mol. The van der Waals surface area contributed by atoms with Crippen molar-refractivity contribution < 1.29 is 14.6 Å². The number of hydrogen-bond acceptors (Lipinski definition) is 5. The molecule has 6 heteroatoms. The Kier molecular flexibility index (Phi) is 3.71. The van der Waals surface area contributed by atoms with E-state index in [4.69, 9.17) is 9.84 Å². The molecule has 6 nitrogen and oxygen atoms in total. The van der Waals surface area contributed by atoms with Gasteiger partial charge in [-0.3, -0.25) is 0 Å². The number of carboxylic acid groups (broad SMARTS) is 1. The standard InChI is InChI=1S/C14H19N3O3/c18-14(19)11-8-15-12(17-6-1-2-7-17)13(16-11)20-9-10-4-3-5-10/h8,10H,1-7,9H2,(H,18,19). The summed E-state index contributed by atoms with van der Waals surface area (Å²) in [5.41, 5.74) is -0.0587. The van der Waals surface area contributed by atoms with Crippen molar-refractivity contribution in [3.8, 4) is 5.88 Å². The number of aromatic nitrogens is 2. The Morgan fingerprint density at radius 3 is 2.70 bits per heavy atom. The summed E-state index contributed by atoms with van der Waals surface area (Å²) < 4.78 is 5.77. The molecule has 0 atom stereocenters. The van der Waals surface area contributed by atoms with Crippen LogP contribution in [0.25, 0.3) is 0 Å². The van der Waals surface area contributed by atoms with Crippen LogP contribution in [-0.4, -0.2) is 40.7 Å². The van der Waals surface area contributed by atoms with E-state index in [-0.39, 0.29) is 5.69 Å². The predicted molar refractivity (Wildman–Crippen MR) is 73.3 cm³/mol. The molecule has 0 aromatic carbocycles. The second kappa shape index (κ2) is 5.64. The van der Waals surface area contributed by atoms with Crippen molar-refractivity contribution in [1.82, 2.24) is 9.97 Å². The van der Waals surface area contributed by atoms with Gasteiger partial charge in [-0.1, -0.05) is 6.42 Å². The number of hydrogen-bond donors (Lipinski definition) is 1. The molecular weight excluding hydrogens is 258 g/mol. The van der Waals surface area contributed by atoms with Crippen LogP contribution in [0.1, 0.15) is 42.6 Å². The molecule has 0 unspecified atom stereocenters. The minimum atomic E-state index is -1.07. The van der Waals surface area contributed by atoms with Crippen LogP contribution >= 0.6 is 0 Å². The van der Waals surface area contributed by atoms with Crippen LogP contribution in [0.4, 0.5) is 5.82 Å². The Bertz CT molecular complexity index is 496. The number of anilines is 1. The molecule has 20 heavy (non-hydrogen) atoms. The lowest BCUT2D eigenvalue weighted by Crippen LogP contribution is -2.24. The fourth-order valence-corrected chi connectivity index (χ4v) is 2.57. The molecule has 2 aliphatic rings. The summed E-state index contributed by atoms with van der Waals surface area (Å²) >= 11 is 0. The zero-order valence-electron chi connectivity index (χ0n) is 11.4. The second-order valence-corrected chi connectivity index (χ2v) is 5.49.